The Morgan fingerprint density at radius 2 is 1.95 bits per heavy atom. The van der Waals surface area contributed by atoms with Gasteiger partial charge in [-0.15, -0.1) is 0 Å². The van der Waals surface area contributed by atoms with E-state index >= 15 is 0 Å². The van der Waals surface area contributed by atoms with E-state index in [2.05, 4.69) is 4.98 Å². The van der Waals surface area contributed by atoms with Crippen molar-refractivity contribution in [1.29, 1.82) is 0 Å². The molecule has 0 radical (unpaired) electrons. The molecule has 0 amide bonds. The average Bonchev–Trinajstić information content (AvgIpc) is 2.34. The number of nitrogens with one attached hydrogen (secondary N) is 1. The minimum Gasteiger partial charge on any atom is -0.490 e. The minimum atomic E-state index is -4.80. The summed E-state index contributed by atoms with van der Waals surface area (Å²) in [5, 5.41) is 10.4. The zero-order valence-electron chi connectivity index (χ0n) is 9.95. The van der Waals surface area contributed by atoms with Gasteiger partial charge in [0.15, 0.2) is 5.75 Å². The van der Waals surface area contributed by atoms with Crippen molar-refractivity contribution >= 4 is 16.6 Å². The maximum absolute atomic E-state index is 12.9. The molecule has 0 spiro atoms. The number of hydrogen-bond donors (Lipinski definition) is 1. The number of halogens is 3. The smallest absolute Gasteiger partial charge is 0.417 e. The first-order valence-electron chi connectivity index (χ1n) is 5.20. The van der Waals surface area contributed by atoms with Gasteiger partial charge in [-0.2, -0.15) is 13.2 Å². The van der Waals surface area contributed by atoms with Crippen LogP contribution in [0.4, 0.5) is 18.9 Å². The normalized spacial score (nSPS) is 11.6. The highest BCUT2D eigenvalue weighted by atomic mass is 19.4. The van der Waals surface area contributed by atoms with Crippen molar-refractivity contribution in [3.8, 4) is 5.75 Å². The Morgan fingerprint density at radius 1 is 1.30 bits per heavy atom. The zero-order chi connectivity index (χ0) is 15.1. The number of H-pyrrole nitrogens is 1. The van der Waals surface area contributed by atoms with E-state index in [1.807, 2.05) is 0 Å². The number of pyridine rings is 1. The number of ether oxygens (including phenoxy) is 1. The second kappa shape index (κ2) is 4.51. The molecule has 1 N–H and O–H groups in total. The molecule has 0 aliphatic heterocycles. The average molecular weight is 288 g/mol. The quantitative estimate of drug-likeness (QED) is 0.679. The molecule has 0 fully saturated rings. The molecule has 0 bridgehead atoms. The summed E-state index contributed by atoms with van der Waals surface area (Å²) in [6.45, 7) is 0. The number of aromatic amines is 1. The third-order valence-corrected chi connectivity index (χ3v) is 2.64. The highest BCUT2D eigenvalue weighted by Gasteiger charge is 2.34. The topological polar surface area (TPSA) is 85.2 Å². The lowest BCUT2D eigenvalue weighted by atomic mass is 10.1. The Kier molecular flexibility index (Phi) is 3.12. The molecule has 9 heteroatoms. The number of alkyl halides is 3. The number of aromatic nitrogens is 1. The molecule has 1 aromatic carbocycles. The van der Waals surface area contributed by atoms with Crippen molar-refractivity contribution in [2.75, 3.05) is 7.11 Å². The number of nitro groups is 1. The van der Waals surface area contributed by atoms with Gasteiger partial charge in [-0.25, -0.2) is 0 Å². The minimum absolute atomic E-state index is 0.188. The summed E-state index contributed by atoms with van der Waals surface area (Å²) < 4.78 is 43.3. The van der Waals surface area contributed by atoms with Crippen LogP contribution in [0.5, 0.6) is 5.75 Å². The van der Waals surface area contributed by atoms with Gasteiger partial charge >= 0.3 is 11.9 Å². The zero-order valence-corrected chi connectivity index (χ0v) is 9.95. The Bertz CT molecular complexity index is 752. The first-order chi connectivity index (χ1) is 9.24. The number of nitro benzene ring substituents is 1. The van der Waals surface area contributed by atoms with Crippen LogP contribution in [0, 0.1) is 10.1 Å². The third kappa shape index (κ3) is 2.29. The summed E-state index contributed by atoms with van der Waals surface area (Å²) in [6, 6.07) is 2.08. The maximum atomic E-state index is 12.9. The first-order valence-corrected chi connectivity index (χ1v) is 5.20. The van der Waals surface area contributed by atoms with Crippen LogP contribution in [-0.4, -0.2) is 17.0 Å². The Labute approximate surface area is 108 Å². The van der Waals surface area contributed by atoms with Gasteiger partial charge in [-0.3, -0.25) is 14.9 Å². The number of fused-ring (bicyclic) bond motifs is 1. The molecular formula is C11H7F3N2O4. The predicted octanol–water partition coefficient (Wildman–Crippen LogP) is 2.46. The molecule has 2 aromatic rings. The second-order valence-corrected chi connectivity index (χ2v) is 3.87. The molecule has 20 heavy (non-hydrogen) atoms. The maximum Gasteiger partial charge on any atom is 0.417 e. The van der Waals surface area contributed by atoms with Crippen LogP contribution >= 0.6 is 0 Å². The largest absolute Gasteiger partial charge is 0.490 e. The summed E-state index contributed by atoms with van der Waals surface area (Å²) in [5.74, 6) is -0.238. The molecule has 106 valence electrons. The highest BCUT2D eigenvalue weighted by molar-refractivity contribution is 5.87. The Hall–Kier alpha value is -2.58. The van der Waals surface area contributed by atoms with Crippen molar-refractivity contribution in [1.82, 2.24) is 4.98 Å². The fourth-order valence-electron chi connectivity index (χ4n) is 1.81. The van der Waals surface area contributed by atoms with Crippen LogP contribution in [0.2, 0.25) is 0 Å². The fraction of sp³-hybridized carbons (Fsp3) is 0.182. The van der Waals surface area contributed by atoms with Crippen LogP contribution in [0.1, 0.15) is 5.56 Å². The molecule has 0 aliphatic rings. The van der Waals surface area contributed by atoms with E-state index in [9.17, 15) is 28.1 Å². The number of methoxy groups -OCH3 is 1. The number of nitrogens with zero attached hydrogens (tertiary/aromatic N) is 1. The molecule has 0 unspecified atom stereocenters. The van der Waals surface area contributed by atoms with Crippen LogP contribution < -0.4 is 10.3 Å². The molecule has 1 heterocycles. The van der Waals surface area contributed by atoms with Gasteiger partial charge in [0.2, 0.25) is 5.56 Å². The second-order valence-electron chi connectivity index (χ2n) is 3.87. The van der Waals surface area contributed by atoms with Gasteiger partial charge in [0.1, 0.15) is 0 Å². The van der Waals surface area contributed by atoms with Gasteiger partial charge in [-0.1, -0.05) is 0 Å². The van der Waals surface area contributed by atoms with Crippen LogP contribution in [0.25, 0.3) is 10.9 Å². The lowest BCUT2D eigenvalue weighted by Gasteiger charge is -2.11. The van der Waals surface area contributed by atoms with E-state index in [-0.39, 0.29) is 11.3 Å². The monoisotopic (exact) mass is 288 g/mol. The van der Waals surface area contributed by atoms with E-state index in [1.165, 1.54) is 0 Å². The number of hydrogen-bond acceptors (Lipinski definition) is 4. The molecule has 0 saturated carbocycles. The summed E-state index contributed by atoms with van der Waals surface area (Å²) in [7, 11) is 1.14. The third-order valence-electron chi connectivity index (χ3n) is 2.64. The van der Waals surface area contributed by atoms with Crippen LogP contribution in [0.15, 0.2) is 23.0 Å². The van der Waals surface area contributed by atoms with Gasteiger partial charge in [0.05, 0.1) is 23.1 Å². The Balaban J connectivity index is 2.93. The molecular weight excluding hydrogens is 281 g/mol. The van der Waals surface area contributed by atoms with E-state index in [4.69, 9.17) is 4.74 Å². The molecule has 6 nitrogen and oxygen atoms in total. The van der Waals surface area contributed by atoms with E-state index < -0.39 is 33.3 Å². The number of rotatable bonds is 2. The van der Waals surface area contributed by atoms with Gasteiger partial charge in [0, 0.05) is 23.6 Å². The lowest BCUT2D eigenvalue weighted by molar-refractivity contribution is -0.385. The SMILES string of the molecule is COc1cc2[nH]c(=O)cc(C(F)(F)F)c2cc1[N+](=O)[O-]. The molecule has 1 aromatic heterocycles. The van der Waals surface area contributed by atoms with E-state index in [1.54, 1.807) is 0 Å². The van der Waals surface area contributed by atoms with Crippen molar-refractivity contribution < 1.29 is 22.8 Å². The van der Waals surface area contributed by atoms with Crippen molar-refractivity contribution in [3.63, 3.8) is 0 Å². The van der Waals surface area contributed by atoms with E-state index in [0.29, 0.717) is 6.07 Å². The summed E-state index contributed by atoms with van der Waals surface area (Å²) in [6.07, 6.45) is -4.80. The summed E-state index contributed by atoms with van der Waals surface area (Å²) in [5.41, 5.74) is -2.99. The lowest BCUT2D eigenvalue weighted by Crippen LogP contribution is -2.14. The Morgan fingerprint density at radius 3 is 2.45 bits per heavy atom. The van der Waals surface area contributed by atoms with E-state index in [0.717, 1.165) is 19.2 Å². The number of benzene rings is 1. The molecule has 2 rings (SSSR count). The van der Waals surface area contributed by atoms with Gasteiger partial charge in [-0.05, 0) is 0 Å². The standard InChI is InChI=1S/C11H7F3N2O4/c1-20-9-4-7-5(2-8(9)16(18)19)6(11(12,13)14)3-10(17)15-7/h2-4H,1H3,(H,15,17). The van der Waals surface area contributed by atoms with Crippen molar-refractivity contribution in [2.24, 2.45) is 0 Å². The fourth-order valence-corrected chi connectivity index (χ4v) is 1.81. The molecule has 0 aliphatic carbocycles. The van der Waals surface area contributed by atoms with Crippen LogP contribution in [-0.2, 0) is 6.18 Å². The van der Waals surface area contributed by atoms with Gasteiger partial charge < -0.3 is 9.72 Å². The summed E-state index contributed by atoms with van der Waals surface area (Å²) >= 11 is 0. The molecule has 0 saturated heterocycles. The summed E-state index contributed by atoms with van der Waals surface area (Å²) in [4.78, 5) is 23.4. The predicted molar refractivity (Wildman–Crippen MR) is 62.8 cm³/mol. The van der Waals surface area contributed by atoms with Crippen molar-refractivity contribution in [2.45, 2.75) is 6.18 Å². The highest BCUT2D eigenvalue weighted by Crippen LogP contribution is 2.37. The first kappa shape index (κ1) is 13.8. The van der Waals surface area contributed by atoms with Crippen LogP contribution in [0.3, 0.4) is 0 Å². The van der Waals surface area contributed by atoms with Crippen molar-refractivity contribution in [3.05, 3.63) is 44.2 Å². The van der Waals surface area contributed by atoms with Gasteiger partial charge in [0.25, 0.3) is 0 Å². The molecule has 0 atom stereocenters.